The Labute approximate surface area is 49.4 Å². The van der Waals surface area contributed by atoms with Crippen LogP contribution in [-0.4, -0.2) is 12.3 Å². The molecule has 0 rings (SSSR count). The zero-order chi connectivity index (χ0) is 7.28. The number of hydrogen-bond acceptors (Lipinski definition) is 7. The van der Waals surface area contributed by atoms with Crippen molar-refractivity contribution in [2.24, 2.45) is 11.8 Å². The fourth-order valence-corrected chi connectivity index (χ4v) is 0.116. The molecule has 4 N–H and O–H groups in total. The third-order valence-corrected chi connectivity index (χ3v) is 0.359. The third-order valence-electron chi connectivity index (χ3n) is 0.359. The molecule has 0 bridgehead atoms. The van der Waals surface area contributed by atoms with Gasteiger partial charge in [0.1, 0.15) is 0 Å². The zero-order valence-electron chi connectivity index (χ0n) is 4.20. The molecule has 0 heterocycles. The van der Waals surface area contributed by atoms with Gasteiger partial charge < -0.3 is 14.4 Å². The van der Waals surface area contributed by atoms with Crippen molar-refractivity contribution in [1.82, 2.24) is 0 Å². The van der Waals surface area contributed by atoms with Gasteiger partial charge in [-0.25, -0.2) is 9.59 Å². The van der Waals surface area contributed by atoms with Gasteiger partial charge in [0.25, 0.3) is 0 Å². The molecule has 0 aliphatic rings. The van der Waals surface area contributed by atoms with Crippen LogP contribution in [0.15, 0.2) is 0 Å². The van der Waals surface area contributed by atoms with E-state index in [2.05, 4.69) is 26.2 Å². The fraction of sp³-hybridized carbons (Fsp3) is 0. The molecule has 52 valence electrons. The van der Waals surface area contributed by atoms with Gasteiger partial charge in [-0.1, -0.05) is 0 Å². The zero-order valence-corrected chi connectivity index (χ0v) is 4.20. The molecule has 0 spiro atoms. The van der Waals surface area contributed by atoms with Gasteiger partial charge >= 0.3 is 12.3 Å². The maximum atomic E-state index is 9.86. The summed E-state index contributed by atoms with van der Waals surface area (Å²) in [6.07, 6.45) is -2.77. The number of hydrogen-bond donors (Lipinski definition) is 2. The summed E-state index contributed by atoms with van der Waals surface area (Å²) in [6.45, 7) is 0. The first-order valence-electron chi connectivity index (χ1n) is 1.70. The van der Waals surface area contributed by atoms with E-state index < -0.39 is 12.3 Å². The Morgan fingerprint density at radius 2 is 1.33 bits per heavy atom. The van der Waals surface area contributed by atoms with E-state index in [1.54, 1.807) is 0 Å². The molecule has 0 saturated heterocycles. The van der Waals surface area contributed by atoms with Crippen molar-refractivity contribution in [3.63, 3.8) is 0 Å². The van der Waals surface area contributed by atoms with Crippen molar-refractivity contribution in [1.29, 1.82) is 0 Å². The Morgan fingerprint density at radius 3 is 1.56 bits per heavy atom. The second-order valence-electron chi connectivity index (χ2n) is 0.838. The van der Waals surface area contributed by atoms with Gasteiger partial charge in [-0.15, -0.1) is 0 Å². The van der Waals surface area contributed by atoms with Crippen molar-refractivity contribution in [3.05, 3.63) is 0 Å². The van der Waals surface area contributed by atoms with E-state index >= 15 is 0 Å². The van der Waals surface area contributed by atoms with Crippen LogP contribution in [0.1, 0.15) is 0 Å². The van der Waals surface area contributed by atoms with E-state index in [0.29, 0.717) is 0 Å². The number of nitrogens with two attached hydrogens (primary N) is 2. The van der Waals surface area contributed by atoms with Crippen LogP contribution in [0.5, 0.6) is 0 Å². The van der Waals surface area contributed by atoms with Crippen molar-refractivity contribution in [3.8, 4) is 0 Å². The molecule has 0 aromatic heterocycles. The third kappa shape index (κ3) is 3.26. The van der Waals surface area contributed by atoms with Crippen LogP contribution in [0, 0.1) is 0 Å². The Hall–Kier alpha value is -1.34. The largest absolute Gasteiger partial charge is 0.537 e. The molecule has 0 aromatic rings. The van der Waals surface area contributed by atoms with Crippen LogP contribution in [0.4, 0.5) is 9.59 Å². The lowest BCUT2D eigenvalue weighted by Gasteiger charge is -1.94. The van der Waals surface area contributed by atoms with Crippen molar-refractivity contribution in [2.75, 3.05) is 0 Å². The summed E-state index contributed by atoms with van der Waals surface area (Å²) in [5.74, 6) is 8.50. The molecule has 7 nitrogen and oxygen atoms in total. The first-order valence-corrected chi connectivity index (χ1v) is 1.70. The summed E-state index contributed by atoms with van der Waals surface area (Å²) in [4.78, 5) is 26.5. The molecular weight excluding hydrogens is 132 g/mol. The molecule has 0 aliphatic heterocycles. The Morgan fingerprint density at radius 1 is 1.00 bits per heavy atom. The quantitative estimate of drug-likeness (QED) is 0.250. The van der Waals surface area contributed by atoms with Crippen LogP contribution in [0.25, 0.3) is 0 Å². The minimum atomic E-state index is -1.38. The molecule has 0 saturated carbocycles. The van der Waals surface area contributed by atoms with E-state index in [-0.39, 0.29) is 0 Å². The smallest absolute Gasteiger partial charge is 0.341 e. The lowest BCUT2D eigenvalue weighted by Crippen LogP contribution is -2.19. The van der Waals surface area contributed by atoms with Gasteiger partial charge in [0.2, 0.25) is 0 Å². The van der Waals surface area contributed by atoms with Gasteiger partial charge in [-0.05, 0) is 0 Å². The number of rotatable bonds is 0. The monoisotopic (exact) mass is 136 g/mol. The maximum Gasteiger partial charge on any atom is 0.537 e. The van der Waals surface area contributed by atoms with Gasteiger partial charge in [0, 0.05) is 0 Å². The molecular formula is C2H4N2O5. The minimum Gasteiger partial charge on any atom is -0.341 e. The van der Waals surface area contributed by atoms with E-state index in [9.17, 15) is 9.59 Å². The lowest BCUT2D eigenvalue weighted by atomic mass is 11.3. The highest BCUT2D eigenvalue weighted by molar-refractivity contribution is 5.76. The molecule has 0 radical (unpaired) electrons. The molecule has 9 heavy (non-hydrogen) atoms. The van der Waals surface area contributed by atoms with E-state index in [1.165, 1.54) is 0 Å². The normalized spacial score (nSPS) is 7.78. The summed E-state index contributed by atoms with van der Waals surface area (Å²) in [5.41, 5.74) is 0. The second kappa shape index (κ2) is 3.64. The van der Waals surface area contributed by atoms with Crippen molar-refractivity contribution in [2.45, 2.75) is 0 Å². The molecule has 0 aromatic carbocycles. The maximum absolute atomic E-state index is 9.86. The molecule has 0 fully saturated rings. The molecule has 0 amide bonds. The summed E-state index contributed by atoms with van der Waals surface area (Å²) < 4.78 is 3.58. The topological polar surface area (TPSA) is 114 Å². The molecule has 0 aliphatic carbocycles. The summed E-state index contributed by atoms with van der Waals surface area (Å²) in [6, 6.07) is 0. The number of ether oxygens (including phenoxy) is 1. The highest BCUT2D eigenvalue weighted by Crippen LogP contribution is 1.82. The Bertz CT molecular complexity index is 108. The van der Waals surface area contributed by atoms with Crippen molar-refractivity contribution < 1.29 is 24.0 Å². The first kappa shape index (κ1) is 7.66. The predicted molar refractivity (Wildman–Crippen MR) is 22.4 cm³/mol. The van der Waals surface area contributed by atoms with E-state index in [4.69, 9.17) is 0 Å². The minimum absolute atomic E-state index is 1.38. The average molecular weight is 136 g/mol. The molecule has 0 unspecified atom stereocenters. The highest BCUT2D eigenvalue weighted by Gasteiger charge is 2.09. The highest BCUT2D eigenvalue weighted by atomic mass is 16.9. The summed E-state index contributed by atoms with van der Waals surface area (Å²) >= 11 is 0. The van der Waals surface area contributed by atoms with Gasteiger partial charge in [-0.2, -0.15) is 11.8 Å². The van der Waals surface area contributed by atoms with E-state index in [1.807, 2.05) is 0 Å². The van der Waals surface area contributed by atoms with Gasteiger partial charge in [0.15, 0.2) is 0 Å². The standard InChI is InChI=1S/C2H4N2O5/c3-8-1(5)7-2(6)9-4/h3-4H2. The Kier molecular flexibility index (Phi) is 3.09. The first-order chi connectivity index (χ1) is 4.20. The summed E-state index contributed by atoms with van der Waals surface area (Å²) in [5, 5.41) is 0. The second-order valence-corrected chi connectivity index (χ2v) is 0.838. The van der Waals surface area contributed by atoms with Crippen LogP contribution >= 0.6 is 0 Å². The average Bonchev–Trinajstić information content (AvgIpc) is 1.87. The van der Waals surface area contributed by atoms with E-state index in [0.717, 1.165) is 0 Å². The fourth-order valence-electron chi connectivity index (χ4n) is 0.116. The lowest BCUT2D eigenvalue weighted by molar-refractivity contribution is 0.0361. The van der Waals surface area contributed by atoms with Crippen LogP contribution < -0.4 is 11.8 Å². The van der Waals surface area contributed by atoms with Gasteiger partial charge in [0.05, 0.1) is 0 Å². The van der Waals surface area contributed by atoms with Gasteiger partial charge in [-0.3, -0.25) is 0 Å². The summed E-state index contributed by atoms with van der Waals surface area (Å²) in [7, 11) is 0. The number of carbonyl (C=O) groups is 2. The van der Waals surface area contributed by atoms with Crippen LogP contribution in [-0.2, 0) is 14.4 Å². The predicted octanol–water partition coefficient (Wildman–Crippen LogP) is -0.976. The Balaban J connectivity index is 3.47. The van der Waals surface area contributed by atoms with Crippen LogP contribution in [0.3, 0.4) is 0 Å². The van der Waals surface area contributed by atoms with Crippen LogP contribution in [0.2, 0.25) is 0 Å². The molecule has 7 heteroatoms. The SMILES string of the molecule is NOC(=O)OC(=O)ON. The van der Waals surface area contributed by atoms with Crippen molar-refractivity contribution >= 4 is 12.3 Å². The molecule has 0 atom stereocenters. The number of carbonyl (C=O) groups excluding carboxylic acids is 2.